The Kier molecular flexibility index (Phi) is 2.62. The van der Waals surface area contributed by atoms with E-state index in [1.807, 2.05) is 6.07 Å². The summed E-state index contributed by atoms with van der Waals surface area (Å²) in [6, 6.07) is 11.4. The fourth-order valence-electron chi connectivity index (χ4n) is 1.85. The lowest BCUT2D eigenvalue weighted by Gasteiger charge is -1.94. The molecule has 0 radical (unpaired) electrons. The number of nitro groups is 1. The average molecular weight is 265 g/mol. The van der Waals surface area contributed by atoms with Gasteiger partial charge in [-0.2, -0.15) is 5.26 Å². The number of nitriles is 1. The molecule has 96 valence electrons. The number of nitrogens with zero attached hydrogens (tertiary/aromatic N) is 5. The van der Waals surface area contributed by atoms with E-state index in [9.17, 15) is 10.1 Å². The quantitative estimate of drug-likeness (QED) is 0.522. The minimum Gasteiger partial charge on any atom is -0.258 e. The Balaban J connectivity index is 2.11. The van der Waals surface area contributed by atoms with Gasteiger partial charge in [0, 0.05) is 23.9 Å². The van der Waals surface area contributed by atoms with Gasteiger partial charge in [-0.3, -0.25) is 10.1 Å². The molecule has 3 aromatic rings. The first-order valence-electron chi connectivity index (χ1n) is 5.69. The summed E-state index contributed by atoms with van der Waals surface area (Å²) >= 11 is 0. The zero-order chi connectivity index (χ0) is 14.1. The van der Waals surface area contributed by atoms with Crippen molar-refractivity contribution in [2.24, 2.45) is 0 Å². The molecule has 3 rings (SSSR count). The van der Waals surface area contributed by atoms with Gasteiger partial charge in [-0.1, -0.05) is 0 Å². The highest BCUT2D eigenvalue weighted by molar-refractivity contribution is 5.63. The SMILES string of the molecule is N#Cc1cccn2nc(-c3ccc([N+](=O)[O-])cc3)nc12. The molecule has 0 aliphatic heterocycles. The van der Waals surface area contributed by atoms with Crippen LogP contribution < -0.4 is 0 Å². The van der Waals surface area contributed by atoms with Crippen LogP contribution in [0.1, 0.15) is 5.56 Å². The van der Waals surface area contributed by atoms with E-state index in [0.29, 0.717) is 22.6 Å². The monoisotopic (exact) mass is 265 g/mol. The highest BCUT2D eigenvalue weighted by atomic mass is 16.6. The highest BCUT2D eigenvalue weighted by Crippen LogP contribution is 2.20. The maximum atomic E-state index is 10.6. The number of fused-ring (bicyclic) bond motifs is 1. The molecule has 0 saturated carbocycles. The Labute approximate surface area is 112 Å². The molecular weight excluding hydrogens is 258 g/mol. The molecule has 0 atom stereocenters. The van der Waals surface area contributed by atoms with Gasteiger partial charge in [0.2, 0.25) is 0 Å². The third-order valence-corrected chi connectivity index (χ3v) is 2.82. The van der Waals surface area contributed by atoms with Crippen LogP contribution in [0.4, 0.5) is 5.69 Å². The Morgan fingerprint density at radius 3 is 2.65 bits per heavy atom. The predicted octanol–water partition coefficient (Wildman–Crippen LogP) is 2.18. The Morgan fingerprint density at radius 2 is 2.00 bits per heavy atom. The zero-order valence-electron chi connectivity index (χ0n) is 10.1. The molecule has 20 heavy (non-hydrogen) atoms. The van der Waals surface area contributed by atoms with Gasteiger partial charge in [0.15, 0.2) is 11.5 Å². The molecule has 7 nitrogen and oxygen atoms in total. The van der Waals surface area contributed by atoms with Gasteiger partial charge in [0.25, 0.3) is 5.69 Å². The molecule has 0 aliphatic rings. The molecule has 1 aromatic carbocycles. The Hall–Kier alpha value is -3.27. The van der Waals surface area contributed by atoms with Crippen molar-refractivity contribution in [3.05, 3.63) is 58.3 Å². The van der Waals surface area contributed by atoms with Gasteiger partial charge in [-0.25, -0.2) is 9.50 Å². The van der Waals surface area contributed by atoms with Crippen molar-refractivity contribution < 1.29 is 4.92 Å². The van der Waals surface area contributed by atoms with Crippen LogP contribution in [0.2, 0.25) is 0 Å². The largest absolute Gasteiger partial charge is 0.269 e. The van der Waals surface area contributed by atoms with Crippen LogP contribution in [0.15, 0.2) is 42.6 Å². The maximum Gasteiger partial charge on any atom is 0.269 e. The Bertz CT molecular complexity index is 845. The fourth-order valence-corrected chi connectivity index (χ4v) is 1.85. The van der Waals surface area contributed by atoms with Crippen LogP contribution in [-0.4, -0.2) is 19.5 Å². The van der Waals surface area contributed by atoms with Gasteiger partial charge >= 0.3 is 0 Å². The van der Waals surface area contributed by atoms with Crippen molar-refractivity contribution in [1.82, 2.24) is 14.6 Å². The van der Waals surface area contributed by atoms with Crippen LogP contribution >= 0.6 is 0 Å². The fraction of sp³-hybridized carbons (Fsp3) is 0. The summed E-state index contributed by atoms with van der Waals surface area (Å²) in [5, 5.41) is 23.9. The summed E-state index contributed by atoms with van der Waals surface area (Å²) in [6.45, 7) is 0. The number of hydrogen-bond acceptors (Lipinski definition) is 5. The first-order chi connectivity index (χ1) is 9.69. The van der Waals surface area contributed by atoms with Gasteiger partial charge in [-0.05, 0) is 24.3 Å². The van der Waals surface area contributed by atoms with Crippen LogP contribution in [0.25, 0.3) is 17.0 Å². The van der Waals surface area contributed by atoms with E-state index >= 15 is 0 Å². The second-order valence-electron chi connectivity index (χ2n) is 4.04. The molecule has 0 N–H and O–H groups in total. The highest BCUT2D eigenvalue weighted by Gasteiger charge is 2.11. The maximum absolute atomic E-state index is 10.6. The topological polar surface area (TPSA) is 97.1 Å². The molecule has 0 spiro atoms. The summed E-state index contributed by atoms with van der Waals surface area (Å²) in [6.07, 6.45) is 1.69. The van der Waals surface area contributed by atoms with E-state index < -0.39 is 4.92 Å². The molecule has 0 fully saturated rings. The lowest BCUT2D eigenvalue weighted by Crippen LogP contribution is -1.89. The van der Waals surface area contributed by atoms with Gasteiger partial charge < -0.3 is 0 Å². The van der Waals surface area contributed by atoms with Crippen LogP contribution in [0.3, 0.4) is 0 Å². The first-order valence-corrected chi connectivity index (χ1v) is 5.69. The number of non-ortho nitro benzene ring substituents is 1. The second-order valence-corrected chi connectivity index (χ2v) is 4.04. The summed E-state index contributed by atoms with van der Waals surface area (Å²) in [5.41, 5.74) is 1.55. The standard InChI is InChI=1S/C13H7N5O2/c14-8-10-2-1-7-17-13(10)15-12(16-17)9-3-5-11(6-4-9)18(19)20/h1-7H. The number of hydrogen-bond donors (Lipinski definition) is 0. The minimum absolute atomic E-state index is 0.00947. The first kappa shape index (κ1) is 11.8. The van der Waals surface area contributed by atoms with E-state index in [1.54, 1.807) is 30.5 Å². The molecule has 0 bridgehead atoms. The number of pyridine rings is 1. The third-order valence-electron chi connectivity index (χ3n) is 2.82. The number of benzene rings is 1. The van der Waals surface area contributed by atoms with E-state index in [1.165, 1.54) is 16.6 Å². The van der Waals surface area contributed by atoms with Crippen LogP contribution in [0.5, 0.6) is 0 Å². The molecule has 2 heterocycles. The molecule has 0 aliphatic carbocycles. The number of aromatic nitrogens is 3. The van der Waals surface area contributed by atoms with Gasteiger partial charge in [0.1, 0.15) is 6.07 Å². The smallest absolute Gasteiger partial charge is 0.258 e. The van der Waals surface area contributed by atoms with Crippen molar-refractivity contribution in [2.75, 3.05) is 0 Å². The molecule has 0 saturated heterocycles. The lowest BCUT2D eigenvalue weighted by molar-refractivity contribution is -0.384. The Morgan fingerprint density at radius 1 is 1.25 bits per heavy atom. The van der Waals surface area contributed by atoms with Gasteiger partial charge in [0.05, 0.1) is 10.5 Å². The van der Waals surface area contributed by atoms with Crippen molar-refractivity contribution in [3.8, 4) is 17.5 Å². The summed E-state index contributed by atoms with van der Waals surface area (Å²) in [4.78, 5) is 14.4. The van der Waals surface area contributed by atoms with E-state index in [-0.39, 0.29) is 5.69 Å². The molecular formula is C13H7N5O2. The van der Waals surface area contributed by atoms with E-state index in [4.69, 9.17) is 5.26 Å². The van der Waals surface area contributed by atoms with Crippen LogP contribution in [-0.2, 0) is 0 Å². The molecule has 0 amide bonds. The van der Waals surface area contributed by atoms with Gasteiger partial charge in [-0.15, -0.1) is 5.10 Å². The second kappa shape index (κ2) is 4.44. The summed E-state index contributed by atoms with van der Waals surface area (Å²) in [7, 11) is 0. The lowest BCUT2D eigenvalue weighted by atomic mass is 10.2. The van der Waals surface area contributed by atoms with Crippen molar-refractivity contribution in [2.45, 2.75) is 0 Å². The normalized spacial score (nSPS) is 10.3. The third kappa shape index (κ3) is 1.85. The molecule has 7 heteroatoms. The summed E-state index contributed by atoms with van der Waals surface area (Å²) in [5.74, 6) is 0.419. The average Bonchev–Trinajstić information content (AvgIpc) is 2.91. The van der Waals surface area contributed by atoms with E-state index in [0.717, 1.165) is 0 Å². The van der Waals surface area contributed by atoms with E-state index in [2.05, 4.69) is 10.1 Å². The van der Waals surface area contributed by atoms with Crippen LogP contribution in [0, 0.1) is 21.4 Å². The van der Waals surface area contributed by atoms with Crippen molar-refractivity contribution >= 4 is 11.3 Å². The minimum atomic E-state index is -0.464. The van der Waals surface area contributed by atoms with Crippen molar-refractivity contribution in [3.63, 3.8) is 0 Å². The molecule has 2 aromatic heterocycles. The number of nitro benzene ring substituents is 1. The number of rotatable bonds is 2. The molecule has 0 unspecified atom stereocenters. The summed E-state index contributed by atoms with van der Waals surface area (Å²) < 4.78 is 1.51. The predicted molar refractivity (Wildman–Crippen MR) is 69.8 cm³/mol. The van der Waals surface area contributed by atoms with Crippen molar-refractivity contribution in [1.29, 1.82) is 5.26 Å². The zero-order valence-corrected chi connectivity index (χ0v) is 10.1.